The fourth-order valence-corrected chi connectivity index (χ4v) is 3.12. The maximum absolute atomic E-state index is 13.7. The van der Waals surface area contributed by atoms with Crippen LogP contribution in [0.4, 0.5) is 4.39 Å². The van der Waals surface area contributed by atoms with Crippen LogP contribution in [0.2, 0.25) is 0 Å². The quantitative estimate of drug-likeness (QED) is 0.876. The SMILES string of the molecule is CCC(=O)C(N)C1CCCCN1CCc1ccccc1F. The van der Waals surface area contributed by atoms with Gasteiger partial charge < -0.3 is 5.73 Å². The number of ketones is 1. The Morgan fingerprint density at radius 3 is 2.90 bits per heavy atom. The number of hydrogen-bond donors (Lipinski definition) is 1. The van der Waals surface area contributed by atoms with Crippen LogP contribution in [-0.4, -0.2) is 35.9 Å². The molecule has 0 aromatic heterocycles. The molecule has 4 heteroatoms. The number of rotatable bonds is 6. The molecule has 2 unspecified atom stereocenters. The minimum Gasteiger partial charge on any atom is -0.320 e. The van der Waals surface area contributed by atoms with Crippen molar-refractivity contribution in [1.82, 2.24) is 4.90 Å². The van der Waals surface area contributed by atoms with Gasteiger partial charge in [-0.3, -0.25) is 9.69 Å². The van der Waals surface area contributed by atoms with Crippen LogP contribution >= 0.6 is 0 Å². The van der Waals surface area contributed by atoms with Gasteiger partial charge in [-0.25, -0.2) is 4.39 Å². The Morgan fingerprint density at radius 2 is 2.19 bits per heavy atom. The first-order chi connectivity index (χ1) is 10.1. The number of benzene rings is 1. The molecule has 116 valence electrons. The van der Waals surface area contributed by atoms with Crippen molar-refractivity contribution in [2.75, 3.05) is 13.1 Å². The van der Waals surface area contributed by atoms with Crippen LogP contribution < -0.4 is 5.73 Å². The molecule has 0 bridgehead atoms. The molecule has 21 heavy (non-hydrogen) atoms. The van der Waals surface area contributed by atoms with Crippen LogP contribution in [-0.2, 0) is 11.2 Å². The highest BCUT2D eigenvalue weighted by atomic mass is 19.1. The predicted octanol–water partition coefficient (Wildman–Crippen LogP) is 2.53. The molecule has 0 amide bonds. The second kappa shape index (κ2) is 7.66. The summed E-state index contributed by atoms with van der Waals surface area (Å²) in [5.74, 6) is -0.0298. The fourth-order valence-electron chi connectivity index (χ4n) is 3.12. The minimum atomic E-state index is -0.407. The standard InChI is InChI=1S/C17H25FN2O/c1-2-16(21)17(19)15-9-5-6-11-20(15)12-10-13-7-3-4-8-14(13)18/h3-4,7-8,15,17H,2,5-6,9-12,19H2,1H3. The fraction of sp³-hybridized carbons (Fsp3) is 0.588. The lowest BCUT2D eigenvalue weighted by Gasteiger charge is -2.38. The number of likely N-dealkylation sites (tertiary alicyclic amines) is 1. The van der Waals surface area contributed by atoms with Gasteiger partial charge in [0, 0.05) is 19.0 Å². The van der Waals surface area contributed by atoms with Gasteiger partial charge in [0.25, 0.3) is 0 Å². The molecular formula is C17H25FN2O. The minimum absolute atomic E-state index is 0.109. The van der Waals surface area contributed by atoms with E-state index in [1.807, 2.05) is 19.1 Å². The van der Waals surface area contributed by atoms with E-state index < -0.39 is 6.04 Å². The van der Waals surface area contributed by atoms with Crippen molar-refractivity contribution in [2.24, 2.45) is 5.73 Å². The molecule has 0 aliphatic carbocycles. The molecule has 1 heterocycles. The first-order valence-corrected chi connectivity index (χ1v) is 7.89. The van der Waals surface area contributed by atoms with Gasteiger partial charge in [-0.1, -0.05) is 31.5 Å². The molecule has 0 spiro atoms. The van der Waals surface area contributed by atoms with E-state index in [0.717, 1.165) is 37.9 Å². The summed E-state index contributed by atoms with van der Waals surface area (Å²) >= 11 is 0. The molecule has 1 saturated heterocycles. The maximum Gasteiger partial charge on any atom is 0.150 e. The maximum atomic E-state index is 13.7. The summed E-state index contributed by atoms with van der Waals surface area (Å²) in [6.07, 6.45) is 4.35. The number of carbonyl (C=O) groups is 1. The van der Waals surface area contributed by atoms with Crippen LogP contribution in [0.25, 0.3) is 0 Å². The molecule has 1 aliphatic rings. The second-order valence-corrected chi connectivity index (χ2v) is 5.79. The van der Waals surface area contributed by atoms with Gasteiger partial charge in [0.05, 0.1) is 6.04 Å². The number of nitrogens with two attached hydrogens (primary N) is 1. The monoisotopic (exact) mass is 292 g/mol. The number of piperidine rings is 1. The third kappa shape index (κ3) is 4.11. The third-order valence-corrected chi connectivity index (χ3v) is 4.43. The van der Waals surface area contributed by atoms with Gasteiger partial charge in [0.2, 0.25) is 0 Å². The van der Waals surface area contributed by atoms with Crippen LogP contribution in [0, 0.1) is 5.82 Å². The molecule has 1 aliphatic heterocycles. The molecule has 3 nitrogen and oxygen atoms in total. The van der Waals surface area contributed by atoms with Crippen molar-refractivity contribution in [1.29, 1.82) is 0 Å². The smallest absolute Gasteiger partial charge is 0.150 e. The van der Waals surface area contributed by atoms with Crippen LogP contribution in [0.3, 0.4) is 0 Å². The number of Topliss-reactive ketones (excluding diaryl/α,β-unsaturated/α-hetero) is 1. The average molecular weight is 292 g/mol. The summed E-state index contributed by atoms with van der Waals surface area (Å²) in [6, 6.07) is 6.59. The molecule has 1 fully saturated rings. The lowest BCUT2D eigenvalue weighted by atomic mass is 9.92. The van der Waals surface area contributed by atoms with Gasteiger partial charge in [-0.15, -0.1) is 0 Å². The predicted molar refractivity (Wildman–Crippen MR) is 82.6 cm³/mol. The van der Waals surface area contributed by atoms with Gasteiger partial charge in [-0.05, 0) is 37.4 Å². The number of halogens is 1. The topological polar surface area (TPSA) is 46.3 Å². The van der Waals surface area contributed by atoms with Crippen molar-refractivity contribution in [3.63, 3.8) is 0 Å². The van der Waals surface area contributed by atoms with E-state index in [2.05, 4.69) is 4.90 Å². The van der Waals surface area contributed by atoms with E-state index in [1.54, 1.807) is 6.07 Å². The summed E-state index contributed by atoms with van der Waals surface area (Å²) < 4.78 is 13.7. The Hall–Kier alpha value is -1.26. The molecule has 0 saturated carbocycles. The van der Waals surface area contributed by atoms with E-state index in [0.29, 0.717) is 12.8 Å². The third-order valence-electron chi connectivity index (χ3n) is 4.43. The van der Waals surface area contributed by atoms with Crippen molar-refractivity contribution in [3.8, 4) is 0 Å². The van der Waals surface area contributed by atoms with Gasteiger partial charge in [0.15, 0.2) is 5.78 Å². The largest absolute Gasteiger partial charge is 0.320 e. The molecule has 1 aromatic carbocycles. The summed E-state index contributed by atoms with van der Waals surface area (Å²) in [5, 5.41) is 0. The number of carbonyl (C=O) groups excluding carboxylic acids is 1. The van der Waals surface area contributed by atoms with E-state index in [-0.39, 0.29) is 17.6 Å². The van der Waals surface area contributed by atoms with Gasteiger partial charge in [-0.2, -0.15) is 0 Å². The highest BCUT2D eigenvalue weighted by Gasteiger charge is 2.30. The van der Waals surface area contributed by atoms with Crippen molar-refractivity contribution in [2.45, 2.75) is 51.1 Å². The molecule has 2 rings (SSSR count). The Morgan fingerprint density at radius 1 is 1.43 bits per heavy atom. The zero-order valence-electron chi connectivity index (χ0n) is 12.7. The van der Waals surface area contributed by atoms with Crippen LogP contribution in [0.5, 0.6) is 0 Å². The van der Waals surface area contributed by atoms with Gasteiger partial charge in [0.1, 0.15) is 5.82 Å². The normalized spacial score (nSPS) is 21.2. The first-order valence-electron chi connectivity index (χ1n) is 7.89. The lowest BCUT2D eigenvalue weighted by molar-refractivity contribution is -0.121. The lowest BCUT2D eigenvalue weighted by Crippen LogP contribution is -2.54. The van der Waals surface area contributed by atoms with Crippen LogP contribution in [0.15, 0.2) is 24.3 Å². The van der Waals surface area contributed by atoms with Gasteiger partial charge >= 0.3 is 0 Å². The average Bonchev–Trinajstić information content (AvgIpc) is 2.53. The zero-order chi connectivity index (χ0) is 15.2. The van der Waals surface area contributed by atoms with E-state index in [4.69, 9.17) is 5.73 Å². The second-order valence-electron chi connectivity index (χ2n) is 5.79. The van der Waals surface area contributed by atoms with E-state index >= 15 is 0 Å². The number of nitrogens with zero attached hydrogens (tertiary/aromatic N) is 1. The summed E-state index contributed by atoms with van der Waals surface area (Å²) in [6.45, 7) is 3.56. The van der Waals surface area contributed by atoms with Crippen molar-refractivity contribution in [3.05, 3.63) is 35.6 Å². The molecular weight excluding hydrogens is 267 g/mol. The summed E-state index contributed by atoms with van der Waals surface area (Å²) in [4.78, 5) is 14.1. The summed E-state index contributed by atoms with van der Waals surface area (Å²) in [7, 11) is 0. The zero-order valence-corrected chi connectivity index (χ0v) is 12.7. The Balaban J connectivity index is 1.99. The number of hydrogen-bond acceptors (Lipinski definition) is 3. The molecule has 1 aromatic rings. The summed E-state index contributed by atoms with van der Waals surface area (Å²) in [5.41, 5.74) is 6.86. The van der Waals surface area contributed by atoms with E-state index in [1.165, 1.54) is 6.07 Å². The molecule has 0 radical (unpaired) electrons. The van der Waals surface area contributed by atoms with E-state index in [9.17, 15) is 9.18 Å². The Bertz CT molecular complexity index is 478. The highest BCUT2D eigenvalue weighted by molar-refractivity contribution is 5.84. The molecule has 2 atom stereocenters. The van der Waals surface area contributed by atoms with Crippen molar-refractivity contribution >= 4 is 5.78 Å². The molecule has 2 N–H and O–H groups in total. The Kier molecular flexibility index (Phi) is 5.88. The highest BCUT2D eigenvalue weighted by Crippen LogP contribution is 2.21. The Labute approximate surface area is 126 Å². The van der Waals surface area contributed by atoms with Crippen LogP contribution in [0.1, 0.15) is 38.2 Å². The first kappa shape index (κ1) is 16.1. The van der Waals surface area contributed by atoms with Crippen molar-refractivity contribution < 1.29 is 9.18 Å².